The fourth-order valence-electron chi connectivity index (χ4n) is 8.11. The second-order valence-electron chi connectivity index (χ2n) is 16.9. The Morgan fingerprint density at radius 3 is 2.23 bits per heavy atom. The molecule has 2 bridgehead atoms. The molecule has 0 radical (unpaired) electrons. The number of nitrogens with zero attached hydrogens (tertiary/aromatic N) is 4. The standard InChI is InChI=1S/C46H59N7O17/c1-22-14-31-37(49-18-30-19-53(52-51-30)46(21-47)43(68-29(8)57)42(67-28(7)56)41(66-27(6)55)36(70-46)20-65-26(5)54)33(58)17-32(39(31)60)50-44(61)23(2)12-11-13-34(63-9)40(69-45(48)62)25(4)16-24(3)38(59)35(15-22)64-10/h11-13,16-17,19,22,24,34-36,38,40-43,49,59H,14-15,18,20H2,1-10H3,(H2,48,62)(H,50,61)/b13-11-,23-12+,25-16+/t22-,24+,34+,35+,36-,38-,40+,41+,42+,43-,46-/m1/s1. The van der Waals surface area contributed by atoms with Crippen molar-refractivity contribution in [3.63, 3.8) is 0 Å². The largest absolute Gasteiger partial charge is 0.463 e. The van der Waals surface area contributed by atoms with E-state index in [-0.39, 0.29) is 47.6 Å². The summed E-state index contributed by atoms with van der Waals surface area (Å²) in [4.78, 5) is 103. The van der Waals surface area contributed by atoms with E-state index in [9.17, 15) is 48.7 Å². The number of primary amides is 1. The zero-order chi connectivity index (χ0) is 52.2. The molecule has 380 valence electrons. The van der Waals surface area contributed by atoms with Gasteiger partial charge in [0.2, 0.25) is 17.7 Å². The summed E-state index contributed by atoms with van der Waals surface area (Å²) in [7, 11) is 2.79. The van der Waals surface area contributed by atoms with Gasteiger partial charge in [0.25, 0.3) is 11.6 Å². The molecule has 0 saturated carbocycles. The number of methoxy groups -OCH3 is 2. The van der Waals surface area contributed by atoms with Gasteiger partial charge in [-0.2, -0.15) is 5.26 Å². The number of hydrogen-bond donors (Lipinski definition) is 4. The number of rotatable bonds is 12. The third-order valence-corrected chi connectivity index (χ3v) is 11.3. The second kappa shape index (κ2) is 24.5. The van der Waals surface area contributed by atoms with Crippen LogP contribution in [0.25, 0.3) is 0 Å². The van der Waals surface area contributed by atoms with E-state index in [0.717, 1.165) is 38.5 Å². The van der Waals surface area contributed by atoms with Gasteiger partial charge in [0.05, 0.1) is 36.3 Å². The Morgan fingerprint density at radius 1 is 0.986 bits per heavy atom. The second-order valence-corrected chi connectivity index (χ2v) is 16.9. The summed E-state index contributed by atoms with van der Waals surface area (Å²) in [5.74, 6) is -6.79. The third kappa shape index (κ3) is 13.8. The van der Waals surface area contributed by atoms with Crippen molar-refractivity contribution >= 4 is 47.4 Å². The number of Topliss-reactive ketones (excluding diaryl/α,β-unsaturated/α-hetero) is 1. The van der Waals surface area contributed by atoms with Crippen molar-refractivity contribution in [2.45, 2.75) is 129 Å². The lowest BCUT2D eigenvalue weighted by Gasteiger charge is -2.47. The van der Waals surface area contributed by atoms with Crippen LogP contribution in [-0.2, 0) is 83.7 Å². The predicted molar refractivity (Wildman–Crippen MR) is 238 cm³/mol. The van der Waals surface area contributed by atoms with Crippen LogP contribution < -0.4 is 16.4 Å². The number of aliphatic hydroxyl groups is 1. The Morgan fingerprint density at radius 2 is 1.64 bits per heavy atom. The number of carbonyl (C=O) groups is 8. The summed E-state index contributed by atoms with van der Waals surface area (Å²) in [6, 6.07) is 1.90. The van der Waals surface area contributed by atoms with Crippen LogP contribution in [0.15, 0.2) is 64.7 Å². The summed E-state index contributed by atoms with van der Waals surface area (Å²) in [5, 5.41) is 36.0. The molecule has 4 rings (SSSR count). The monoisotopic (exact) mass is 981 g/mol. The Bertz CT molecular complexity index is 2400. The van der Waals surface area contributed by atoms with E-state index < -0.39 is 120 Å². The van der Waals surface area contributed by atoms with Gasteiger partial charge in [-0.3, -0.25) is 33.6 Å². The SMILES string of the molecule is CO[C@H]1/C=C\C=C(/C)C(=O)NC2=CC(=O)C(NCc3cn([C@]4(C#N)O[C@H](COC(C)=O)[C@H](OC(C)=O)[C@H](OC(C)=O)[C@H]4OC(C)=O)nn3)=C(C[C@@H](C)C[C@H](OC)[C@H](O)[C@@H](C)/C=C(\C)[C@@H]1OC(N)=O)C2=O. The molecule has 2 aliphatic heterocycles. The number of esters is 4. The maximum absolute atomic E-state index is 14.3. The van der Waals surface area contributed by atoms with Gasteiger partial charge in [-0.15, -0.1) is 5.10 Å². The fourth-order valence-corrected chi connectivity index (χ4v) is 8.11. The Balaban J connectivity index is 1.77. The lowest BCUT2D eigenvalue weighted by atomic mass is 9.85. The number of ether oxygens (including phenoxy) is 8. The quantitative estimate of drug-likeness (QED) is 0.0985. The summed E-state index contributed by atoms with van der Waals surface area (Å²) >= 11 is 0. The zero-order valence-electron chi connectivity index (χ0n) is 40.4. The maximum atomic E-state index is 14.3. The van der Waals surface area contributed by atoms with Crippen molar-refractivity contribution in [3.05, 3.63) is 70.4 Å². The average Bonchev–Trinajstić information content (AvgIpc) is 3.76. The summed E-state index contributed by atoms with van der Waals surface area (Å²) in [6.45, 7) is 9.79. The number of allylic oxidation sites excluding steroid dienone is 4. The molecule has 1 fully saturated rings. The first-order valence-electron chi connectivity index (χ1n) is 21.9. The summed E-state index contributed by atoms with van der Waals surface area (Å²) in [5.41, 5.74) is 2.93. The molecule has 1 aromatic rings. The van der Waals surface area contributed by atoms with Crippen LogP contribution in [0.4, 0.5) is 4.79 Å². The summed E-state index contributed by atoms with van der Waals surface area (Å²) in [6.07, 6.45) is -3.36. The molecule has 1 aromatic heterocycles. The average molecular weight is 982 g/mol. The molecular formula is C46H59N7O17. The predicted octanol–water partition coefficient (Wildman–Crippen LogP) is 1.08. The van der Waals surface area contributed by atoms with Crippen LogP contribution in [0.1, 0.15) is 73.9 Å². The number of nitrogens with one attached hydrogen (secondary N) is 2. The zero-order valence-corrected chi connectivity index (χ0v) is 40.4. The van der Waals surface area contributed by atoms with Crippen molar-refractivity contribution < 1.29 is 81.4 Å². The van der Waals surface area contributed by atoms with E-state index in [1.807, 2.05) is 6.07 Å². The topological polar surface area (TPSA) is 335 Å². The van der Waals surface area contributed by atoms with Crippen LogP contribution in [-0.4, -0.2) is 137 Å². The number of nitrogens with two attached hydrogens (primary N) is 1. The first kappa shape index (κ1) is 55.5. The van der Waals surface area contributed by atoms with Gasteiger partial charge in [0.15, 0.2) is 18.3 Å². The smallest absolute Gasteiger partial charge is 0.405 e. The van der Waals surface area contributed by atoms with Crippen molar-refractivity contribution in [1.29, 1.82) is 5.26 Å². The molecule has 3 heterocycles. The van der Waals surface area contributed by atoms with Gasteiger partial charge in [-0.05, 0) is 38.2 Å². The highest BCUT2D eigenvalue weighted by Gasteiger charge is 2.62. The van der Waals surface area contributed by atoms with Crippen molar-refractivity contribution in [2.24, 2.45) is 17.6 Å². The van der Waals surface area contributed by atoms with Crippen molar-refractivity contribution in [3.8, 4) is 6.07 Å². The van der Waals surface area contributed by atoms with Crippen LogP contribution in [0.3, 0.4) is 0 Å². The molecule has 3 aliphatic rings. The van der Waals surface area contributed by atoms with Crippen LogP contribution in [0.2, 0.25) is 0 Å². The van der Waals surface area contributed by atoms with Crippen LogP contribution in [0.5, 0.6) is 0 Å². The van der Waals surface area contributed by atoms with Gasteiger partial charge >= 0.3 is 30.0 Å². The van der Waals surface area contributed by atoms with Gasteiger partial charge in [0.1, 0.15) is 30.6 Å². The lowest BCUT2D eigenvalue weighted by molar-refractivity contribution is -0.296. The van der Waals surface area contributed by atoms with Gasteiger partial charge in [-0.1, -0.05) is 43.4 Å². The van der Waals surface area contributed by atoms with Crippen LogP contribution >= 0.6 is 0 Å². The van der Waals surface area contributed by atoms with Crippen LogP contribution in [0, 0.1) is 23.2 Å². The Kier molecular flexibility index (Phi) is 19.4. The lowest BCUT2D eigenvalue weighted by Crippen LogP contribution is -2.68. The molecule has 11 atom stereocenters. The number of ketones is 2. The summed E-state index contributed by atoms with van der Waals surface area (Å²) < 4.78 is 45.3. The van der Waals surface area contributed by atoms with Crippen molar-refractivity contribution in [1.82, 2.24) is 25.6 Å². The Labute approximate surface area is 403 Å². The number of nitriles is 1. The molecule has 5 N–H and O–H groups in total. The van der Waals surface area contributed by atoms with E-state index >= 15 is 0 Å². The Hall–Kier alpha value is -7.07. The minimum absolute atomic E-state index is 0.0102. The van der Waals surface area contributed by atoms with E-state index in [2.05, 4.69) is 20.9 Å². The highest BCUT2D eigenvalue weighted by Crippen LogP contribution is 2.39. The van der Waals surface area contributed by atoms with Gasteiger partial charge in [0, 0.05) is 65.1 Å². The fraction of sp³-hybridized carbons (Fsp3) is 0.543. The van der Waals surface area contributed by atoms with E-state index in [0.29, 0.717) is 5.57 Å². The molecule has 0 spiro atoms. The molecule has 0 unspecified atom stereocenters. The number of fused-ring (bicyclic) bond motifs is 2. The number of amides is 2. The maximum Gasteiger partial charge on any atom is 0.405 e. The van der Waals surface area contributed by atoms with Gasteiger partial charge < -0.3 is 59.4 Å². The number of aliphatic hydroxyl groups excluding tert-OH is 1. The first-order chi connectivity index (χ1) is 33.0. The molecule has 0 aromatic carbocycles. The molecule has 24 heteroatoms. The molecule has 24 nitrogen and oxygen atoms in total. The number of carbonyl (C=O) groups excluding carboxylic acids is 8. The highest BCUT2D eigenvalue weighted by molar-refractivity contribution is 6.23. The molecular weight excluding hydrogens is 923 g/mol. The van der Waals surface area contributed by atoms with E-state index in [1.54, 1.807) is 26.8 Å². The van der Waals surface area contributed by atoms with Gasteiger partial charge in [-0.25, -0.2) is 9.48 Å². The minimum atomic E-state index is -2.54. The molecule has 1 aliphatic carbocycles. The third-order valence-electron chi connectivity index (χ3n) is 11.3. The highest BCUT2D eigenvalue weighted by atomic mass is 16.7. The van der Waals surface area contributed by atoms with Crippen molar-refractivity contribution in [2.75, 3.05) is 20.8 Å². The molecule has 2 amide bonds. The van der Waals surface area contributed by atoms with E-state index in [1.165, 1.54) is 45.6 Å². The normalized spacial score (nSPS) is 30.9. The molecule has 1 saturated heterocycles. The van der Waals surface area contributed by atoms with E-state index in [4.69, 9.17) is 43.6 Å². The number of hydrogen-bond acceptors (Lipinski definition) is 21. The first-order valence-corrected chi connectivity index (χ1v) is 21.9. The molecule has 70 heavy (non-hydrogen) atoms. The minimum Gasteiger partial charge on any atom is -0.463 e. The number of aromatic nitrogens is 3.